The molecule has 0 fully saturated rings. The van der Waals surface area contributed by atoms with Gasteiger partial charge in [-0.2, -0.15) is 0 Å². The van der Waals surface area contributed by atoms with Gasteiger partial charge in [0.25, 0.3) is 0 Å². The molecule has 2 aromatic rings. The molecule has 1 unspecified atom stereocenters. The van der Waals surface area contributed by atoms with E-state index in [1.165, 1.54) is 11.8 Å². The van der Waals surface area contributed by atoms with Crippen LogP contribution in [0.25, 0.3) is 0 Å². The van der Waals surface area contributed by atoms with E-state index in [0.29, 0.717) is 11.6 Å². The van der Waals surface area contributed by atoms with Crippen molar-refractivity contribution in [2.24, 2.45) is 0 Å². The summed E-state index contributed by atoms with van der Waals surface area (Å²) in [7, 11) is 0. The second-order valence-electron chi connectivity index (χ2n) is 5.10. The van der Waals surface area contributed by atoms with E-state index >= 15 is 0 Å². The lowest BCUT2D eigenvalue weighted by molar-refractivity contribution is -0.119. The van der Waals surface area contributed by atoms with Crippen molar-refractivity contribution in [2.75, 3.05) is 17.3 Å². The molecule has 0 aliphatic heterocycles. The molecular formula is C15H21N5OS. The average molecular weight is 319 g/mol. The molecule has 0 saturated heterocycles. The van der Waals surface area contributed by atoms with Crippen LogP contribution in [-0.2, 0) is 4.79 Å². The fraction of sp³-hybridized carbons (Fsp3) is 0.400. The first-order valence-electron chi connectivity index (χ1n) is 7.11. The molecule has 22 heavy (non-hydrogen) atoms. The van der Waals surface area contributed by atoms with E-state index in [0.717, 1.165) is 16.8 Å². The molecule has 0 radical (unpaired) electrons. The zero-order chi connectivity index (χ0) is 16.3. The summed E-state index contributed by atoms with van der Waals surface area (Å²) in [6.07, 6.45) is 2.49. The van der Waals surface area contributed by atoms with E-state index in [1.54, 1.807) is 4.57 Å². The van der Waals surface area contributed by atoms with Crippen LogP contribution in [0.15, 0.2) is 23.4 Å². The molecule has 0 bridgehead atoms. The van der Waals surface area contributed by atoms with Gasteiger partial charge in [-0.25, -0.2) is 0 Å². The Bertz CT molecular complexity index is 662. The van der Waals surface area contributed by atoms with Crippen molar-refractivity contribution in [3.05, 3.63) is 29.3 Å². The standard InChI is InChI=1S/C15H21N5OS/c1-5-11(20-14(16)18-19-15(20)22-4)13(21)17-12-9(2)7-6-8-10(12)3/h6-8,11H,5H2,1-4H3,(H2,16,18)(H,17,21). The minimum absolute atomic E-state index is 0.110. The zero-order valence-corrected chi connectivity index (χ0v) is 14.1. The van der Waals surface area contributed by atoms with Gasteiger partial charge in [-0.05, 0) is 37.7 Å². The van der Waals surface area contributed by atoms with Crippen molar-refractivity contribution in [3.8, 4) is 0 Å². The lowest BCUT2D eigenvalue weighted by Gasteiger charge is -2.20. The highest BCUT2D eigenvalue weighted by atomic mass is 32.2. The molecule has 118 valence electrons. The number of nitrogens with one attached hydrogen (secondary N) is 1. The van der Waals surface area contributed by atoms with Crippen molar-refractivity contribution >= 4 is 29.3 Å². The molecule has 0 saturated carbocycles. The third-order valence-electron chi connectivity index (χ3n) is 3.60. The van der Waals surface area contributed by atoms with Crippen LogP contribution in [-0.4, -0.2) is 26.9 Å². The van der Waals surface area contributed by atoms with Crippen LogP contribution >= 0.6 is 11.8 Å². The summed E-state index contributed by atoms with van der Waals surface area (Å²) in [5, 5.41) is 11.5. The predicted molar refractivity (Wildman–Crippen MR) is 90.1 cm³/mol. The second kappa shape index (κ2) is 6.83. The maximum atomic E-state index is 12.7. The van der Waals surface area contributed by atoms with E-state index in [1.807, 2.05) is 45.2 Å². The van der Waals surface area contributed by atoms with Crippen molar-refractivity contribution in [1.82, 2.24) is 14.8 Å². The first kappa shape index (κ1) is 16.4. The number of para-hydroxylation sites is 1. The van der Waals surface area contributed by atoms with Crippen molar-refractivity contribution < 1.29 is 4.79 Å². The van der Waals surface area contributed by atoms with E-state index in [9.17, 15) is 4.79 Å². The fourth-order valence-electron chi connectivity index (χ4n) is 2.42. The number of nitrogens with two attached hydrogens (primary N) is 1. The summed E-state index contributed by atoms with van der Waals surface area (Å²) in [5.41, 5.74) is 8.80. The number of thioether (sulfide) groups is 1. The van der Waals surface area contributed by atoms with Gasteiger partial charge < -0.3 is 11.1 Å². The summed E-state index contributed by atoms with van der Waals surface area (Å²) < 4.78 is 1.69. The van der Waals surface area contributed by atoms with Gasteiger partial charge in [0.15, 0.2) is 5.16 Å². The van der Waals surface area contributed by atoms with Crippen molar-refractivity contribution in [3.63, 3.8) is 0 Å². The van der Waals surface area contributed by atoms with Crippen LogP contribution < -0.4 is 11.1 Å². The lowest BCUT2D eigenvalue weighted by Crippen LogP contribution is -2.27. The smallest absolute Gasteiger partial charge is 0.247 e. The minimum Gasteiger partial charge on any atom is -0.368 e. The van der Waals surface area contributed by atoms with Gasteiger partial charge in [0.1, 0.15) is 6.04 Å². The maximum absolute atomic E-state index is 12.7. The average Bonchev–Trinajstić information content (AvgIpc) is 2.85. The van der Waals surface area contributed by atoms with Gasteiger partial charge in [-0.1, -0.05) is 36.9 Å². The normalized spacial score (nSPS) is 12.2. The summed E-state index contributed by atoms with van der Waals surface area (Å²) in [4.78, 5) is 12.7. The quantitative estimate of drug-likeness (QED) is 0.828. The fourth-order valence-corrected chi connectivity index (χ4v) is 2.96. The zero-order valence-electron chi connectivity index (χ0n) is 13.3. The van der Waals surface area contributed by atoms with Crippen molar-refractivity contribution in [1.29, 1.82) is 0 Å². The van der Waals surface area contributed by atoms with Crippen LogP contribution in [0.4, 0.5) is 11.6 Å². The van der Waals surface area contributed by atoms with Gasteiger partial charge in [0.2, 0.25) is 11.9 Å². The maximum Gasteiger partial charge on any atom is 0.247 e. The van der Waals surface area contributed by atoms with Crippen LogP contribution in [0.2, 0.25) is 0 Å². The van der Waals surface area contributed by atoms with Gasteiger partial charge in [0.05, 0.1) is 0 Å². The second-order valence-corrected chi connectivity index (χ2v) is 5.87. The number of aryl methyl sites for hydroxylation is 2. The Balaban J connectivity index is 2.32. The Morgan fingerprint density at radius 3 is 2.55 bits per heavy atom. The predicted octanol–water partition coefficient (Wildman–Crippen LogP) is 2.79. The molecule has 1 aromatic carbocycles. The number of nitrogen functional groups attached to an aromatic ring is 1. The Kier molecular flexibility index (Phi) is 5.07. The van der Waals surface area contributed by atoms with Gasteiger partial charge in [-0.15, -0.1) is 10.2 Å². The molecular weight excluding hydrogens is 298 g/mol. The SMILES string of the molecule is CCC(C(=O)Nc1c(C)cccc1C)n1c(N)nnc1SC. The number of amides is 1. The number of aromatic nitrogens is 3. The Morgan fingerprint density at radius 1 is 1.36 bits per heavy atom. The van der Waals surface area contributed by atoms with Gasteiger partial charge in [0, 0.05) is 5.69 Å². The molecule has 1 atom stereocenters. The highest BCUT2D eigenvalue weighted by Crippen LogP contribution is 2.26. The molecule has 0 aliphatic rings. The number of hydrogen-bond acceptors (Lipinski definition) is 5. The minimum atomic E-state index is -0.434. The van der Waals surface area contributed by atoms with Crippen LogP contribution in [0.5, 0.6) is 0 Å². The molecule has 0 spiro atoms. The number of hydrogen-bond donors (Lipinski definition) is 2. The highest BCUT2D eigenvalue weighted by molar-refractivity contribution is 7.98. The van der Waals surface area contributed by atoms with E-state index in [-0.39, 0.29) is 11.9 Å². The summed E-state index contributed by atoms with van der Waals surface area (Å²) in [6, 6.07) is 5.49. The molecule has 2 rings (SSSR count). The monoisotopic (exact) mass is 319 g/mol. The van der Waals surface area contributed by atoms with Gasteiger partial charge in [-0.3, -0.25) is 9.36 Å². The number of nitrogens with zero attached hydrogens (tertiary/aromatic N) is 3. The van der Waals surface area contributed by atoms with E-state index in [2.05, 4.69) is 15.5 Å². The topological polar surface area (TPSA) is 85.8 Å². The third-order valence-corrected chi connectivity index (χ3v) is 4.25. The Hall–Kier alpha value is -2.02. The first-order chi connectivity index (χ1) is 10.5. The number of carbonyl (C=O) groups excluding carboxylic acids is 1. The first-order valence-corrected chi connectivity index (χ1v) is 8.33. The molecule has 1 aromatic heterocycles. The Morgan fingerprint density at radius 2 is 2.00 bits per heavy atom. The van der Waals surface area contributed by atoms with E-state index < -0.39 is 6.04 Å². The van der Waals surface area contributed by atoms with E-state index in [4.69, 9.17) is 5.73 Å². The molecule has 1 heterocycles. The number of benzene rings is 1. The number of carbonyl (C=O) groups is 1. The molecule has 7 heteroatoms. The summed E-state index contributed by atoms with van der Waals surface area (Å²) in [5.74, 6) is 0.148. The third kappa shape index (κ3) is 3.09. The Labute approximate surface area is 134 Å². The number of rotatable bonds is 5. The number of anilines is 2. The van der Waals surface area contributed by atoms with Crippen molar-refractivity contribution in [2.45, 2.75) is 38.4 Å². The van der Waals surface area contributed by atoms with Crippen LogP contribution in [0.3, 0.4) is 0 Å². The molecule has 0 aliphatic carbocycles. The lowest BCUT2D eigenvalue weighted by atomic mass is 10.1. The molecule has 3 N–H and O–H groups in total. The summed E-state index contributed by atoms with van der Waals surface area (Å²) >= 11 is 1.42. The van der Waals surface area contributed by atoms with Gasteiger partial charge >= 0.3 is 0 Å². The highest BCUT2D eigenvalue weighted by Gasteiger charge is 2.25. The molecule has 6 nitrogen and oxygen atoms in total. The van der Waals surface area contributed by atoms with Crippen LogP contribution in [0, 0.1) is 13.8 Å². The van der Waals surface area contributed by atoms with Crippen LogP contribution in [0.1, 0.15) is 30.5 Å². The molecule has 1 amide bonds. The summed E-state index contributed by atoms with van der Waals surface area (Å²) in [6.45, 7) is 5.90. The largest absolute Gasteiger partial charge is 0.368 e.